The van der Waals surface area contributed by atoms with Crippen molar-refractivity contribution in [1.82, 2.24) is 15.3 Å². The van der Waals surface area contributed by atoms with Gasteiger partial charge in [-0.1, -0.05) is 18.2 Å². The van der Waals surface area contributed by atoms with Gasteiger partial charge in [0.1, 0.15) is 11.4 Å². The van der Waals surface area contributed by atoms with Crippen LogP contribution in [0.25, 0.3) is 0 Å². The molecule has 1 heterocycles. The maximum Gasteiger partial charge on any atom is 0.326 e. The number of carbonyl (C=O) groups is 1. The Morgan fingerprint density at radius 2 is 2.00 bits per heavy atom. The van der Waals surface area contributed by atoms with Crippen molar-refractivity contribution in [3.05, 3.63) is 62.4 Å². The monoisotopic (exact) mass is 275 g/mol. The second-order valence-electron chi connectivity index (χ2n) is 4.00. The Hall–Kier alpha value is -2.83. The topological polar surface area (TPSA) is 104 Å². The van der Waals surface area contributed by atoms with Gasteiger partial charge in [-0.2, -0.15) is 0 Å². The van der Waals surface area contributed by atoms with Crippen molar-refractivity contribution in [2.75, 3.05) is 7.11 Å². The Morgan fingerprint density at radius 1 is 1.25 bits per heavy atom. The summed E-state index contributed by atoms with van der Waals surface area (Å²) in [6.45, 7) is 0.220. The molecule has 0 atom stereocenters. The lowest BCUT2D eigenvalue weighted by atomic mass is 10.2. The summed E-state index contributed by atoms with van der Waals surface area (Å²) in [7, 11) is 1.54. The van der Waals surface area contributed by atoms with Crippen LogP contribution >= 0.6 is 0 Å². The highest BCUT2D eigenvalue weighted by Crippen LogP contribution is 2.16. The third-order valence-electron chi connectivity index (χ3n) is 2.64. The zero-order chi connectivity index (χ0) is 14.5. The molecule has 1 aromatic carbocycles. The number of hydrogen-bond donors (Lipinski definition) is 3. The number of carbonyl (C=O) groups excluding carboxylic acids is 1. The fourth-order valence-corrected chi connectivity index (χ4v) is 1.71. The van der Waals surface area contributed by atoms with Gasteiger partial charge in [0.2, 0.25) is 0 Å². The molecule has 0 fully saturated rings. The molecular formula is C13H13N3O4. The van der Waals surface area contributed by atoms with Gasteiger partial charge in [-0.25, -0.2) is 4.79 Å². The quantitative estimate of drug-likeness (QED) is 0.730. The average molecular weight is 275 g/mol. The van der Waals surface area contributed by atoms with Crippen LogP contribution in [0.3, 0.4) is 0 Å². The van der Waals surface area contributed by atoms with E-state index in [1.54, 1.807) is 12.1 Å². The highest BCUT2D eigenvalue weighted by atomic mass is 16.5. The van der Waals surface area contributed by atoms with Crippen LogP contribution in [0, 0.1) is 0 Å². The van der Waals surface area contributed by atoms with Gasteiger partial charge in [0.25, 0.3) is 11.5 Å². The second-order valence-corrected chi connectivity index (χ2v) is 4.00. The number of aromatic amines is 2. The zero-order valence-corrected chi connectivity index (χ0v) is 10.7. The molecule has 2 rings (SSSR count). The number of H-pyrrole nitrogens is 2. The maximum absolute atomic E-state index is 11.8. The molecule has 7 heteroatoms. The Kier molecular flexibility index (Phi) is 3.99. The molecule has 1 amide bonds. The molecule has 0 aliphatic carbocycles. The summed E-state index contributed by atoms with van der Waals surface area (Å²) in [6.07, 6.45) is 0. The largest absolute Gasteiger partial charge is 0.496 e. The molecule has 2 aromatic rings. The van der Waals surface area contributed by atoms with Crippen LogP contribution in [0.15, 0.2) is 39.9 Å². The maximum atomic E-state index is 11.8. The third kappa shape index (κ3) is 3.14. The SMILES string of the molecule is COc1ccccc1CNC(=O)c1cc(=O)[nH]c(=O)[nH]1. The molecule has 0 aliphatic heterocycles. The van der Waals surface area contributed by atoms with Crippen LogP contribution in [0.1, 0.15) is 16.1 Å². The van der Waals surface area contributed by atoms with E-state index >= 15 is 0 Å². The molecule has 0 bridgehead atoms. The Labute approximate surface area is 113 Å². The van der Waals surface area contributed by atoms with Crippen molar-refractivity contribution < 1.29 is 9.53 Å². The zero-order valence-electron chi connectivity index (χ0n) is 10.7. The lowest BCUT2D eigenvalue weighted by Gasteiger charge is -2.09. The van der Waals surface area contributed by atoms with Crippen LogP contribution in [-0.2, 0) is 6.54 Å². The summed E-state index contributed by atoms with van der Waals surface area (Å²) in [5.41, 5.74) is -0.652. The standard InChI is InChI=1S/C13H13N3O4/c1-20-10-5-3-2-4-8(10)7-14-12(18)9-6-11(17)16-13(19)15-9/h2-6H,7H2,1H3,(H,14,18)(H2,15,16,17,19). The Morgan fingerprint density at radius 3 is 2.70 bits per heavy atom. The number of hydrogen-bond acceptors (Lipinski definition) is 4. The van der Waals surface area contributed by atoms with Gasteiger partial charge in [-0.3, -0.25) is 14.6 Å². The fraction of sp³-hybridized carbons (Fsp3) is 0.154. The minimum atomic E-state index is -0.722. The smallest absolute Gasteiger partial charge is 0.326 e. The van der Waals surface area contributed by atoms with E-state index in [4.69, 9.17) is 4.74 Å². The second kappa shape index (κ2) is 5.87. The predicted octanol–water partition coefficient (Wildman–Crippen LogP) is 0.00180. The molecule has 7 nitrogen and oxygen atoms in total. The van der Waals surface area contributed by atoms with Crippen LogP contribution in [-0.4, -0.2) is 23.0 Å². The molecule has 1 aromatic heterocycles. The number of benzene rings is 1. The number of ether oxygens (including phenoxy) is 1. The van der Waals surface area contributed by atoms with E-state index in [-0.39, 0.29) is 12.2 Å². The molecule has 0 saturated heterocycles. The van der Waals surface area contributed by atoms with Crippen LogP contribution < -0.4 is 21.3 Å². The van der Waals surface area contributed by atoms with Gasteiger partial charge in [-0.15, -0.1) is 0 Å². The first-order valence-corrected chi connectivity index (χ1v) is 5.84. The summed E-state index contributed by atoms with van der Waals surface area (Å²) < 4.78 is 5.16. The average Bonchev–Trinajstić information content (AvgIpc) is 2.44. The van der Waals surface area contributed by atoms with Crippen molar-refractivity contribution in [3.63, 3.8) is 0 Å². The number of methoxy groups -OCH3 is 1. The lowest BCUT2D eigenvalue weighted by Crippen LogP contribution is -2.30. The summed E-state index contributed by atoms with van der Waals surface area (Å²) >= 11 is 0. The van der Waals surface area contributed by atoms with E-state index in [1.165, 1.54) is 7.11 Å². The van der Waals surface area contributed by atoms with E-state index in [0.29, 0.717) is 5.75 Å². The molecule has 0 saturated carbocycles. The van der Waals surface area contributed by atoms with E-state index in [1.807, 2.05) is 17.1 Å². The lowest BCUT2D eigenvalue weighted by molar-refractivity contribution is 0.0945. The van der Waals surface area contributed by atoms with Gasteiger partial charge in [0.05, 0.1) is 7.11 Å². The minimum absolute atomic E-state index is 0.0892. The molecule has 0 spiro atoms. The third-order valence-corrected chi connectivity index (χ3v) is 2.64. The van der Waals surface area contributed by atoms with E-state index < -0.39 is 17.2 Å². The Bertz CT molecular complexity index is 704. The van der Waals surface area contributed by atoms with Crippen LogP contribution in [0.4, 0.5) is 0 Å². The number of aromatic nitrogens is 2. The Balaban J connectivity index is 2.12. The van der Waals surface area contributed by atoms with Crippen LogP contribution in [0.5, 0.6) is 5.75 Å². The van der Waals surface area contributed by atoms with Gasteiger partial charge in [0, 0.05) is 18.2 Å². The first-order valence-electron chi connectivity index (χ1n) is 5.84. The van der Waals surface area contributed by atoms with Crippen molar-refractivity contribution in [2.45, 2.75) is 6.54 Å². The molecule has 104 valence electrons. The van der Waals surface area contributed by atoms with Crippen LogP contribution in [0.2, 0.25) is 0 Å². The molecule has 20 heavy (non-hydrogen) atoms. The van der Waals surface area contributed by atoms with Gasteiger partial charge in [-0.05, 0) is 6.07 Å². The number of amides is 1. The van der Waals surface area contributed by atoms with Crippen molar-refractivity contribution >= 4 is 5.91 Å². The van der Waals surface area contributed by atoms with E-state index in [9.17, 15) is 14.4 Å². The van der Waals surface area contributed by atoms with Crippen molar-refractivity contribution in [1.29, 1.82) is 0 Å². The van der Waals surface area contributed by atoms with Gasteiger partial charge >= 0.3 is 5.69 Å². The fourth-order valence-electron chi connectivity index (χ4n) is 1.71. The van der Waals surface area contributed by atoms with E-state index in [2.05, 4.69) is 10.3 Å². The first-order chi connectivity index (χ1) is 9.60. The first kappa shape index (κ1) is 13.6. The summed E-state index contributed by atoms with van der Waals surface area (Å²) in [5.74, 6) is 0.103. The molecular weight excluding hydrogens is 262 g/mol. The van der Waals surface area contributed by atoms with E-state index in [0.717, 1.165) is 11.6 Å². The van der Waals surface area contributed by atoms with Crippen molar-refractivity contribution in [3.8, 4) is 5.75 Å². The highest BCUT2D eigenvalue weighted by Gasteiger charge is 2.09. The summed E-state index contributed by atoms with van der Waals surface area (Å²) in [4.78, 5) is 38.3. The minimum Gasteiger partial charge on any atom is -0.496 e. The highest BCUT2D eigenvalue weighted by molar-refractivity contribution is 5.92. The number of rotatable bonds is 4. The predicted molar refractivity (Wildman–Crippen MR) is 71.8 cm³/mol. The number of nitrogens with one attached hydrogen (secondary N) is 3. The van der Waals surface area contributed by atoms with Crippen molar-refractivity contribution in [2.24, 2.45) is 0 Å². The molecule has 3 N–H and O–H groups in total. The molecule has 0 unspecified atom stereocenters. The molecule has 0 aliphatic rings. The van der Waals surface area contributed by atoms with Gasteiger partial charge < -0.3 is 15.0 Å². The molecule has 0 radical (unpaired) electrons. The van der Waals surface area contributed by atoms with Gasteiger partial charge in [0.15, 0.2) is 0 Å². The number of para-hydroxylation sites is 1. The summed E-state index contributed by atoms with van der Waals surface area (Å²) in [5, 5.41) is 2.60. The normalized spacial score (nSPS) is 10.1. The summed E-state index contributed by atoms with van der Waals surface area (Å²) in [6, 6.07) is 8.24.